The van der Waals surface area contributed by atoms with Gasteiger partial charge in [0.05, 0.1) is 0 Å². The lowest BCUT2D eigenvalue weighted by Gasteiger charge is -2.12. The van der Waals surface area contributed by atoms with E-state index in [4.69, 9.17) is 0 Å². The van der Waals surface area contributed by atoms with Gasteiger partial charge in [-0.3, -0.25) is 9.79 Å². The maximum atomic E-state index is 11.9. The molecular weight excluding hydrogens is 312 g/mol. The average Bonchev–Trinajstić information content (AvgIpc) is 2.68. The zero-order chi connectivity index (χ0) is 17.7. The number of guanidine groups is 1. The van der Waals surface area contributed by atoms with Crippen molar-refractivity contribution in [1.82, 2.24) is 16.0 Å². The van der Waals surface area contributed by atoms with Crippen LogP contribution in [-0.4, -0.2) is 38.5 Å². The van der Waals surface area contributed by atoms with Gasteiger partial charge in [0.15, 0.2) is 5.96 Å². The van der Waals surface area contributed by atoms with E-state index in [2.05, 4.69) is 45.2 Å². The Balaban J connectivity index is 1.58. The quantitative estimate of drug-likeness (QED) is 0.393. The number of hydrogen-bond acceptors (Lipinski definition) is 2. The van der Waals surface area contributed by atoms with Crippen molar-refractivity contribution in [3.05, 3.63) is 71.8 Å². The summed E-state index contributed by atoms with van der Waals surface area (Å²) in [6.07, 6.45) is 2.08. The van der Waals surface area contributed by atoms with Crippen molar-refractivity contribution in [1.29, 1.82) is 0 Å². The minimum absolute atomic E-state index is 0.0618. The van der Waals surface area contributed by atoms with Gasteiger partial charge in [0, 0.05) is 32.2 Å². The second-order valence-electron chi connectivity index (χ2n) is 5.64. The molecule has 0 bridgehead atoms. The SMILES string of the molecule is CN=C(NCCCc1ccccc1)NCCNC(=O)c1ccccc1. The third-order valence-electron chi connectivity index (χ3n) is 3.74. The lowest BCUT2D eigenvalue weighted by molar-refractivity contribution is 0.0954. The van der Waals surface area contributed by atoms with Crippen molar-refractivity contribution in [2.45, 2.75) is 12.8 Å². The molecule has 132 valence electrons. The molecule has 5 heteroatoms. The van der Waals surface area contributed by atoms with E-state index in [1.165, 1.54) is 5.56 Å². The van der Waals surface area contributed by atoms with Gasteiger partial charge in [0.25, 0.3) is 5.91 Å². The number of aliphatic imine (C=N–C) groups is 1. The fraction of sp³-hybridized carbons (Fsp3) is 0.300. The van der Waals surface area contributed by atoms with Gasteiger partial charge in [-0.05, 0) is 30.5 Å². The molecule has 5 nitrogen and oxygen atoms in total. The first-order valence-electron chi connectivity index (χ1n) is 8.61. The van der Waals surface area contributed by atoms with Crippen molar-refractivity contribution in [3.8, 4) is 0 Å². The Hall–Kier alpha value is -2.82. The summed E-state index contributed by atoms with van der Waals surface area (Å²) < 4.78 is 0. The Bertz CT molecular complexity index is 656. The molecule has 0 aromatic heterocycles. The number of hydrogen-bond donors (Lipinski definition) is 3. The number of rotatable bonds is 8. The number of carbonyl (C=O) groups is 1. The molecule has 0 radical (unpaired) electrons. The van der Waals surface area contributed by atoms with E-state index in [0.717, 1.165) is 25.3 Å². The van der Waals surface area contributed by atoms with Crippen LogP contribution in [0.2, 0.25) is 0 Å². The van der Waals surface area contributed by atoms with E-state index in [1.807, 2.05) is 24.3 Å². The van der Waals surface area contributed by atoms with Crippen LogP contribution < -0.4 is 16.0 Å². The fourth-order valence-electron chi connectivity index (χ4n) is 2.41. The molecule has 25 heavy (non-hydrogen) atoms. The van der Waals surface area contributed by atoms with Crippen LogP contribution in [0.25, 0.3) is 0 Å². The Labute approximate surface area is 149 Å². The van der Waals surface area contributed by atoms with Crippen LogP contribution in [0.3, 0.4) is 0 Å². The first-order chi connectivity index (χ1) is 12.3. The molecule has 0 aliphatic carbocycles. The van der Waals surface area contributed by atoms with Gasteiger partial charge >= 0.3 is 0 Å². The maximum Gasteiger partial charge on any atom is 0.251 e. The highest BCUT2D eigenvalue weighted by Gasteiger charge is 2.03. The smallest absolute Gasteiger partial charge is 0.251 e. The number of benzene rings is 2. The number of amides is 1. The third-order valence-corrected chi connectivity index (χ3v) is 3.74. The second-order valence-corrected chi connectivity index (χ2v) is 5.64. The fourth-order valence-corrected chi connectivity index (χ4v) is 2.41. The molecule has 2 aromatic carbocycles. The molecule has 0 saturated carbocycles. The molecule has 2 rings (SSSR count). The van der Waals surface area contributed by atoms with Crippen LogP contribution in [-0.2, 0) is 6.42 Å². The van der Waals surface area contributed by atoms with Gasteiger partial charge in [0.1, 0.15) is 0 Å². The molecule has 0 saturated heterocycles. The van der Waals surface area contributed by atoms with Crippen LogP contribution in [0.4, 0.5) is 0 Å². The van der Waals surface area contributed by atoms with Crippen LogP contribution in [0.1, 0.15) is 22.3 Å². The van der Waals surface area contributed by atoms with Gasteiger partial charge in [-0.15, -0.1) is 0 Å². The lowest BCUT2D eigenvalue weighted by atomic mass is 10.1. The van der Waals surface area contributed by atoms with Crippen molar-refractivity contribution in [3.63, 3.8) is 0 Å². The first kappa shape index (κ1) is 18.5. The summed E-state index contributed by atoms with van der Waals surface area (Å²) >= 11 is 0. The summed E-state index contributed by atoms with van der Waals surface area (Å²) in [7, 11) is 1.75. The summed E-state index contributed by atoms with van der Waals surface area (Å²) in [5.41, 5.74) is 2.02. The van der Waals surface area contributed by atoms with E-state index in [-0.39, 0.29) is 5.91 Å². The highest BCUT2D eigenvalue weighted by Crippen LogP contribution is 2.01. The highest BCUT2D eigenvalue weighted by atomic mass is 16.1. The maximum absolute atomic E-state index is 11.9. The van der Waals surface area contributed by atoms with E-state index in [9.17, 15) is 4.79 Å². The van der Waals surface area contributed by atoms with Gasteiger partial charge in [-0.1, -0.05) is 48.5 Å². The van der Waals surface area contributed by atoms with Crippen LogP contribution in [0, 0.1) is 0 Å². The molecule has 0 heterocycles. The van der Waals surface area contributed by atoms with Crippen LogP contribution in [0.15, 0.2) is 65.7 Å². The topological polar surface area (TPSA) is 65.5 Å². The third kappa shape index (κ3) is 7.08. The Kier molecular flexibility index (Phi) is 8.05. The van der Waals surface area contributed by atoms with Gasteiger partial charge in [-0.25, -0.2) is 0 Å². The monoisotopic (exact) mass is 338 g/mol. The number of nitrogens with one attached hydrogen (secondary N) is 3. The molecule has 0 aliphatic rings. The van der Waals surface area contributed by atoms with E-state index in [1.54, 1.807) is 19.2 Å². The predicted octanol–water partition coefficient (Wildman–Crippen LogP) is 2.21. The molecule has 0 aliphatic heterocycles. The summed E-state index contributed by atoms with van der Waals surface area (Å²) in [4.78, 5) is 16.1. The zero-order valence-electron chi connectivity index (χ0n) is 14.7. The minimum atomic E-state index is -0.0618. The molecule has 3 N–H and O–H groups in total. The van der Waals surface area contributed by atoms with E-state index < -0.39 is 0 Å². The summed E-state index contributed by atoms with van der Waals surface area (Å²) in [6, 6.07) is 19.6. The zero-order valence-corrected chi connectivity index (χ0v) is 14.7. The molecule has 1 amide bonds. The Morgan fingerprint density at radius 2 is 1.44 bits per heavy atom. The normalized spacial score (nSPS) is 11.0. The molecule has 0 fully saturated rings. The lowest BCUT2D eigenvalue weighted by Crippen LogP contribution is -2.41. The number of carbonyl (C=O) groups excluding carboxylic acids is 1. The summed E-state index contributed by atoms with van der Waals surface area (Å²) in [6.45, 7) is 2.01. The number of aryl methyl sites for hydroxylation is 1. The number of nitrogens with zero attached hydrogens (tertiary/aromatic N) is 1. The molecule has 0 spiro atoms. The van der Waals surface area contributed by atoms with Crippen LogP contribution in [0.5, 0.6) is 0 Å². The standard InChI is InChI=1S/C20H26N4O/c1-21-20(23-14-8-11-17-9-4-2-5-10-17)24-16-15-22-19(25)18-12-6-3-7-13-18/h2-7,9-10,12-13H,8,11,14-16H2,1H3,(H,22,25)(H2,21,23,24). The van der Waals surface area contributed by atoms with Crippen molar-refractivity contribution in [2.75, 3.05) is 26.7 Å². The second kappa shape index (κ2) is 10.9. The van der Waals surface area contributed by atoms with Crippen LogP contribution >= 0.6 is 0 Å². The highest BCUT2D eigenvalue weighted by molar-refractivity contribution is 5.94. The Morgan fingerprint density at radius 1 is 0.840 bits per heavy atom. The van der Waals surface area contributed by atoms with E-state index >= 15 is 0 Å². The summed E-state index contributed by atoms with van der Waals surface area (Å²) in [5.74, 6) is 0.690. The first-order valence-corrected chi connectivity index (χ1v) is 8.61. The van der Waals surface area contributed by atoms with Gasteiger partial charge in [0.2, 0.25) is 0 Å². The predicted molar refractivity (Wildman–Crippen MR) is 103 cm³/mol. The molecule has 0 unspecified atom stereocenters. The van der Waals surface area contributed by atoms with Gasteiger partial charge in [-0.2, -0.15) is 0 Å². The minimum Gasteiger partial charge on any atom is -0.356 e. The van der Waals surface area contributed by atoms with Crippen molar-refractivity contribution in [2.24, 2.45) is 4.99 Å². The largest absolute Gasteiger partial charge is 0.356 e. The molecule has 2 aromatic rings. The Morgan fingerprint density at radius 3 is 2.12 bits per heavy atom. The summed E-state index contributed by atoms with van der Waals surface area (Å²) in [5, 5.41) is 9.37. The van der Waals surface area contributed by atoms with Crippen molar-refractivity contribution < 1.29 is 4.79 Å². The van der Waals surface area contributed by atoms with E-state index in [0.29, 0.717) is 18.7 Å². The van der Waals surface area contributed by atoms with Crippen molar-refractivity contribution >= 4 is 11.9 Å². The van der Waals surface area contributed by atoms with Gasteiger partial charge < -0.3 is 16.0 Å². The molecule has 0 atom stereocenters. The average molecular weight is 338 g/mol. The molecular formula is C20H26N4O.